The average molecular weight is 599 g/mol. The number of aliphatic hydroxyl groups excluding tert-OH is 3. The number of nitrogens with zero attached hydrogens (tertiary/aromatic N) is 7. The highest BCUT2D eigenvalue weighted by Gasteiger charge is 2.51. The van der Waals surface area contributed by atoms with Crippen molar-refractivity contribution in [1.29, 1.82) is 0 Å². The summed E-state index contributed by atoms with van der Waals surface area (Å²) >= 11 is 0. The molecular formula is C20H23FN9O10P. The number of hydrogen-bond acceptors (Lipinski definition) is 15. The minimum absolute atomic E-state index is 0.00918. The summed E-state index contributed by atoms with van der Waals surface area (Å²) < 4.78 is 51.7. The minimum Gasteiger partial charge on any atom is -0.394 e. The fourth-order valence-corrected chi connectivity index (χ4v) is 5.66. The fraction of sp³-hybridized carbons (Fsp3) is 0.500. The maximum absolute atomic E-state index is 15.0. The average Bonchev–Trinajstić information content (AvgIpc) is 3.70. The Hall–Kier alpha value is -3.46. The lowest BCUT2D eigenvalue weighted by Gasteiger charge is -2.24. The highest BCUT2D eigenvalue weighted by molar-refractivity contribution is 7.47. The van der Waals surface area contributed by atoms with E-state index in [1.807, 2.05) is 0 Å². The summed E-state index contributed by atoms with van der Waals surface area (Å²) in [5.41, 5.74) is 5.48. The summed E-state index contributed by atoms with van der Waals surface area (Å²) in [4.78, 5) is 44.5. The first-order chi connectivity index (χ1) is 19.6. The summed E-state index contributed by atoms with van der Waals surface area (Å²) in [6.45, 7) is -1.48. The van der Waals surface area contributed by atoms with Gasteiger partial charge in [-0.3, -0.25) is 23.0 Å². The van der Waals surface area contributed by atoms with E-state index in [0.717, 1.165) is 23.5 Å². The highest BCUT2D eigenvalue weighted by atomic mass is 31.2. The molecule has 0 saturated carbocycles. The van der Waals surface area contributed by atoms with Gasteiger partial charge < -0.3 is 40.4 Å². The molecule has 9 atom stereocenters. The van der Waals surface area contributed by atoms with E-state index < -0.39 is 75.7 Å². The summed E-state index contributed by atoms with van der Waals surface area (Å²) in [6, 6.07) is 0. The topological polar surface area (TPSA) is 268 Å². The van der Waals surface area contributed by atoms with Gasteiger partial charge in [-0.25, -0.2) is 33.9 Å². The van der Waals surface area contributed by atoms with Crippen LogP contribution in [-0.2, 0) is 23.1 Å². The molecule has 4 aromatic heterocycles. The number of nitrogen functional groups attached to an aromatic ring is 1. The van der Waals surface area contributed by atoms with Crippen molar-refractivity contribution >= 4 is 36.0 Å². The smallest absolute Gasteiger partial charge is 0.394 e. The third-order valence-corrected chi connectivity index (χ3v) is 7.73. The SMILES string of the molecule is Nc1ncnc2c1ncn2[C@@H]1O[C@H](CO)[C@@H](O)[C@H]1OP(=O)(O)OC[C@H]1OC(n2cnc3c(=O)[nH]cnc32)[C@H](F)[C@@H]1O. The van der Waals surface area contributed by atoms with E-state index >= 15 is 4.39 Å². The van der Waals surface area contributed by atoms with Crippen LogP contribution in [0.1, 0.15) is 12.5 Å². The third-order valence-electron chi connectivity index (χ3n) is 6.74. The maximum Gasteiger partial charge on any atom is 0.472 e. The van der Waals surface area contributed by atoms with Gasteiger partial charge in [0.2, 0.25) is 0 Å². The molecule has 0 bridgehead atoms. The predicted molar refractivity (Wildman–Crippen MR) is 130 cm³/mol. The molecule has 2 aliphatic heterocycles. The zero-order valence-corrected chi connectivity index (χ0v) is 21.5. The lowest BCUT2D eigenvalue weighted by Crippen LogP contribution is -2.35. The molecular weight excluding hydrogens is 576 g/mol. The number of halogens is 1. The number of aliphatic hydroxyl groups is 3. The van der Waals surface area contributed by atoms with Crippen molar-refractivity contribution in [2.75, 3.05) is 18.9 Å². The Kier molecular flexibility index (Phi) is 7.04. The number of ether oxygens (including phenoxy) is 2. The second-order valence-electron chi connectivity index (χ2n) is 9.21. The van der Waals surface area contributed by atoms with E-state index in [0.29, 0.717) is 0 Å². The molecule has 4 aromatic rings. The van der Waals surface area contributed by atoms with Gasteiger partial charge in [0.05, 0.1) is 32.2 Å². The molecule has 2 unspecified atom stereocenters. The van der Waals surface area contributed by atoms with Gasteiger partial charge in [-0.05, 0) is 0 Å². The summed E-state index contributed by atoms with van der Waals surface area (Å²) in [7, 11) is -5.05. The van der Waals surface area contributed by atoms with Crippen LogP contribution in [0.3, 0.4) is 0 Å². The Balaban J connectivity index is 1.18. The van der Waals surface area contributed by atoms with Crippen molar-refractivity contribution in [3.05, 3.63) is 35.7 Å². The molecule has 19 nitrogen and oxygen atoms in total. The second kappa shape index (κ2) is 10.4. The van der Waals surface area contributed by atoms with Crippen LogP contribution >= 0.6 is 7.82 Å². The molecule has 7 N–H and O–H groups in total. The van der Waals surface area contributed by atoms with Crippen LogP contribution in [0.4, 0.5) is 10.2 Å². The van der Waals surface area contributed by atoms with Gasteiger partial charge in [-0.1, -0.05) is 0 Å². The van der Waals surface area contributed by atoms with E-state index in [1.54, 1.807) is 0 Å². The van der Waals surface area contributed by atoms with E-state index in [1.165, 1.54) is 10.9 Å². The van der Waals surface area contributed by atoms with Gasteiger partial charge in [0.25, 0.3) is 5.56 Å². The monoisotopic (exact) mass is 599 g/mol. The van der Waals surface area contributed by atoms with Gasteiger partial charge in [-0.15, -0.1) is 0 Å². The largest absolute Gasteiger partial charge is 0.472 e. The number of rotatable bonds is 8. The molecule has 0 spiro atoms. The zero-order chi connectivity index (χ0) is 29.1. The van der Waals surface area contributed by atoms with Crippen LogP contribution in [0.25, 0.3) is 22.3 Å². The highest BCUT2D eigenvalue weighted by Crippen LogP contribution is 2.50. The van der Waals surface area contributed by atoms with Crippen molar-refractivity contribution in [3.8, 4) is 0 Å². The van der Waals surface area contributed by atoms with Crippen molar-refractivity contribution in [2.24, 2.45) is 0 Å². The first-order valence-electron chi connectivity index (χ1n) is 12.0. The molecule has 2 saturated heterocycles. The van der Waals surface area contributed by atoms with Gasteiger partial charge in [0.1, 0.15) is 42.4 Å². The van der Waals surface area contributed by atoms with Gasteiger partial charge in [0, 0.05) is 0 Å². The Bertz CT molecular complexity index is 1680. The number of hydrogen-bond donors (Lipinski definition) is 6. The van der Waals surface area contributed by atoms with Gasteiger partial charge in [-0.2, -0.15) is 0 Å². The molecule has 0 aromatic carbocycles. The van der Waals surface area contributed by atoms with E-state index in [4.69, 9.17) is 24.3 Å². The molecule has 220 valence electrons. The zero-order valence-electron chi connectivity index (χ0n) is 20.6. The standard InChI is InChI=1S/C20H23FN9O10P/c21-9-12(32)8(39-19(9)29-6-28-11-17(29)25-4-26-18(11)34)2-37-41(35,36)40-14-13(33)7(1-31)38-20(14)30-5-27-10-15(22)23-3-24-16(10)30/h3-9,12-14,19-20,31-33H,1-2H2,(H,35,36)(H2,22,23,24)(H,25,26,34)/t7-,8-,9-,12-,13-,14-,19?,20-/m1/s1. The summed E-state index contributed by atoms with van der Waals surface area (Å²) in [5.74, 6) is 0.0468. The molecule has 41 heavy (non-hydrogen) atoms. The molecule has 0 radical (unpaired) electrons. The molecule has 6 heterocycles. The molecule has 2 aliphatic rings. The van der Waals surface area contributed by atoms with E-state index in [-0.39, 0.29) is 28.1 Å². The Labute approximate surface area is 226 Å². The summed E-state index contributed by atoms with van der Waals surface area (Å²) in [5, 5.41) is 30.7. The predicted octanol–water partition coefficient (Wildman–Crippen LogP) is -2.11. The fourth-order valence-electron chi connectivity index (χ4n) is 4.73. The number of H-pyrrole nitrogens is 1. The molecule has 21 heteroatoms. The number of aromatic amines is 1. The van der Waals surface area contributed by atoms with E-state index in [9.17, 15) is 29.6 Å². The number of nitrogens with one attached hydrogen (secondary N) is 1. The van der Waals surface area contributed by atoms with Crippen LogP contribution in [0, 0.1) is 0 Å². The quantitative estimate of drug-likeness (QED) is 0.118. The molecule has 0 aliphatic carbocycles. The number of phosphoric ester groups is 1. The summed E-state index contributed by atoms with van der Waals surface area (Å²) in [6.07, 6.45) is -7.95. The van der Waals surface area contributed by atoms with Crippen molar-refractivity contribution in [2.45, 2.75) is 49.1 Å². The van der Waals surface area contributed by atoms with Crippen molar-refractivity contribution < 1.29 is 47.7 Å². The number of alkyl halides is 1. The second-order valence-corrected chi connectivity index (χ2v) is 10.6. The number of nitrogens with two attached hydrogens (primary N) is 1. The van der Waals surface area contributed by atoms with Crippen LogP contribution in [0.2, 0.25) is 0 Å². The van der Waals surface area contributed by atoms with Gasteiger partial charge >= 0.3 is 7.82 Å². The Morgan fingerprint density at radius 2 is 1.71 bits per heavy atom. The van der Waals surface area contributed by atoms with Gasteiger partial charge in [0.15, 0.2) is 41.3 Å². The Morgan fingerprint density at radius 3 is 2.46 bits per heavy atom. The lowest BCUT2D eigenvalue weighted by molar-refractivity contribution is -0.0600. The van der Waals surface area contributed by atoms with Crippen LogP contribution < -0.4 is 11.3 Å². The molecule has 2 fully saturated rings. The Morgan fingerprint density at radius 1 is 1.02 bits per heavy atom. The van der Waals surface area contributed by atoms with E-state index in [2.05, 4.69) is 29.9 Å². The first kappa shape index (κ1) is 27.7. The van der Waals surface area contributed by atoms with Crippen LogP contribution in [0.15, 0.2) is 30.1 Å². The normalized spacial score (nSPS) is 31.7. The van der Waals surface area contributed by atoms with Crippen molar-refractivity contribution in [1.82, 2.24) is 39.0 Å². The van der Waals surface area contributed by atoms with Crippen LogP contribution in [0.5, 0.6) is 0 Å². The minimum atomic E-state index is -5.05. The van der Waals surface area contributed by atoms with Crippen molar-refractivity contribution in [3.63, 3.8) is 0 Å². The van der Waals surface area contributed by atoms with Crippen LogP contribution in [-0.4, -0.2) is 109 Å². The first-order valence-corrected chi connectivity index (χ1v) is 13.5. The lowest BCUT2D eigenvalue weighted by atomic mass is 10.1. The molecule has 0 amide bonds. The number of fused-ring (bicyclic) bond motifs is 2. The number of imidazole rings is 2. The number of anilines is 1. The third kappa shape index (κ3) is 4.78. The number of aromatic nitrogens is 8. The molecule has 6 rings (SSSR count). The maximum atomic E-state index is 15.0. The number of phosphoric acid groups is 1.